The van der Waals surface area contributed by atoms with E-state index in [2.05, 4.69) is 0 Å². The van der Waals surface area contributed by atoms with Gasteiger partial charge in [0.2, 0.25) is 0 Å². The molecular formula is C17H18O3. The summed E-state index contributed by atoms with van der Waals surface area (Å²) in [4.78, 5) is 11.5. The number of carbonyl (C=O) groups is 1. The van der Waals surface area contributed by atoms with Crippen LogP contribution in [0.2, 0.25) is 0 Å². The average Bonchev–Trinajstić information content (AvgIpc) is 2.49. The third-order valence-corrected chi connectivity index (χ3v) is 2.95. The quantitative estimate of drug-likeness (QED) is 0.770. The van der Waals surface area contributed by atoms with Crippen LogP contribution in [0.15, 0.2) is 54.6 Å². The van der Waals surface area contributed by atoms with Gasteiger partial charge in [0, 0.05) is 0 Å². The predicted octanol–water partition coefficient (Wildman–Crippen LogP) is 4.00. The molecular weight excluding hydrogens is 252 g/mol. The fourth-order valence-corrected chi connectivity index (χ4v) is 1.88. The highest BCUT2D eigenvalue weighted by Crippen LogP contribution is 2.21. The molecule has 0 aromatic heterocycles. The van der Waals surface area contributed by atoms with Crippen molar-refractivity contribution < 1.29 is 14.3 Å². The highest BCUT2D eigenvalue weighted by atomic mass is 16.5. The Hall–Kier alpha value is -2.29. The number of rotatable bonds is 5. The van der Waals surface area contributed by atoms with Crippen LogP contribution in [0.3, 0.4) is 0 Å². The second-order valence-corrected chi connectivity index (χ2v) is 4.42. The Kier molecular flexibility index (Phi) is 4.77. The first-order chi connectivity index (χ1) is 9.70. The molecule has 0 amide bonds. The van der Waals surface area contributed by atoms with E-state index in [4.69, 9.17) is 9.47 Å². The normalized spacial score (nSPS) is 11.7. The van der Waals surface area contributed by atoms with Gasteiger partial charge in [-0.25, -0.2) is 4.79 Å². The van der Waals surface area contributed by atoms with E-state index in [1.54, 1.807) is 31.2 Å². The van der Waals surface area contributed by atoms with Gasteiger partial charge >= 0.3 is 5.97 Å². The molecule has 0 saturated heterocycles. The van der Waals surface area contributed by atoms with Crippen molar-refractivity contribution in [3.63, 3.8) is 0 Å². The van der Waals surface area contributed by atoms with E-state index in [1.807, 2.05) is 37.3 Å². The smallest absolute Gasteiger partial charge is 0.338 e. The molecule has 2 aromatic rings. The molecule has 3 nitrogen and oxygen atoms in total. The molecule has 104 valence electrons. The lowest BCUT2D eigenvalue weighted by Crippen LogP contribution is -2.05. The minimum absolute atomic E-state index is 0.0374. The highest BCUT2D eigenvalue weighted by Gasteiger charge is 2.09. The van der Waals surface area contributed by atoms with Gasteiger partial charge in [0.25, 0.3) is 0 Å². The van der Waals surface area contributed by atoms with Crippen molar-refractivity contribution in [2.24, 2.45) is 0 Å². The summed E-state index contributed by atoms with van der Waals surface area (Å²) < 4.78 is 10.8. The van der Waals surface area contributed by atoms with E-state index in [1.165, 1.54) is 0 Å². The van der Waals surface area contributed by atoms with E-state index in [-0.39, 0.29) is 12.1 Å². The molecule has 2 aromatic carbocycles. The van der Waals surface area contributed by atoms with Crippen LogP contribution in [0.5, 0.6) is 5.75 Å². The lowest BCUT2D eigenvalue weighted by Gasteiger charge is -2.15. The van der Waals surface area contributed by atoms with Crippen LogP contribution in [0, 0.1) is 0 Å². The molecule has 0 aliphatic heterocycles. The predicted molar refractivity (Wildman–Crippen MR) is 77.9 cm³/mol. The van der Waals surface area contributed by atoms with Crippen LogP contribution in [0.1, 0.15) is 35.9 Å². The van der Waals surface area contributed by atoms with Gasteiger partial charge in [-0.2, -0.15) is 0 Å². The van der Waals surface area contributed by atoms with Crippen molar-refractivity contribution in [2.45, 2.75) is 20.0 Å². The van der Waals surface area contributed by atoms with Crippen LogP contribution in [0.25, 0.3) is 0 Å². The molecule has 0 saturated carbocycles. The third kappa shape index (κ3) is 3.60. The second kappa shape index (κ2) is 6.75. The Morgan fingerprint density at radius 2 is 1.70 bits per heavy atom. The lowest BCUT2D eigenvalue weighted by atomic mass is 10.1. The van der Waals surface area contributed by atoms with Gasteiger partial charge in [-0.1, -0.05) is 30.3 Å². The average molecular weight is 270 g/mol. The molecule has 1 atom stereocenters. The standard InChI is InChI=1S/C17H18O3/c1-3-19-17(18)15-9-11-16(12-10-15)20-13(2)14-7-5-4-6-8-14/h4-13H,3H2,1-2H3. The van der Waals surface area contributed by atoms with E-state index < -0.39 is 0 Å². The SMILES string of the molecule is CCOC(=O)c1ccc(OC(C)c2ccccc2)cc1. The maximum Gasteiger partial charge on any atom is 0.338 e. The van der Waals surface area contributed by atoms with E-state index in [0.29, 0.717) is 12.2 Å². The zero-order valence-corrected chi connectivity index (χ0v) is 11.7. The Morgan fingerprint density at radius 1 is 1.05 bits per heavy atom. The Balaban J connectivity index is 2.02. The summed E-state index contributed by atoms with van der Waals surface area (Å²) in [6.45, 7) is 4.16. The van der Waals surface area contributed by atoms with Crippen molar-refractivity contribution in [2.75, 3.05) is 6.61 Å². The van der Waals surface area contributed by atoms with Crippen LogP contribution in [-0.4, -0.2) is 12.6 Å². The van der Waals surface area contributed by atoms with Crippen LogP contribution < -0.4 is 4.74 Å². The Labute approximate surface area is 119 Å². The molecule has 0 heterocycles. The number of ether oxygens (including phenoxy) is 2. The molecule has 3 heteroatoms. The number of hydrogen-bond acceptors (Lipinski definition) is 3. The first-order valence-electron chi connectivity index (χ1n) is 6.69. The summed E-state index contributed by atoms with van der Waals surface area (Å²) in [6.07, 6.45) is -0.0374. The fourth-order valence-electron chi connectivity index (χ4n) is 1.88. The van der Waals surface area contributed by atoms with Crippen molar-refractivity contribution >= 4 is 5.97 Å². The first kappa shape index (κ1) is 14.1. The highest BCUT2D eigenvalue weighted by molar-refractivity contribution is 5.89. The summed E-state index contributed by atoms with van der Waals surface area (Å²) >= 11 is 0. The molecule has 20 heavy (non-hydrogen) atoms. The van der Waals surface area contributed by atoms with Gasteiger partial charge in [0.15, 0.2) is 0 Å². The number of carbonyl (C=O) groups excluding carboxylic acids is 1. The summed E-state index contributed by atoms with van der Waals surface area (Å²) in [5, 5.41) is 0. The van der Waals surface area contributed by atoms with Gasteiger partial charge < -0.3 is 9.47 Å². The number of hydrogen-bond donors (Lipinski definition) is 0. The number of benzene rings is 2. The van der Waals surface area contributed by atoms with E-state index in [0.717, 1.165) is 11.3 Å². The summed E-state index contributed by atoms with van der Waals surface area (Å²) in [5.41, 5.74) is 1.65. The first-order valence-corrected chi connectivity index (χ1v) is 6.69. The van der Waals surface area contributed by atoms with Gasteiger partial charge in [-0.15, -0.1) is 0 Å². The van der Waals surface area contributed by atoms with Crippen molar-refractivity contribution in [3.05, 3.63) is 65.7 Å². The zero-order chi connectivity index (χ0) is 14.4. The molecule has 1 unspecified atom stereocenters. The molecule has 0 N–H and O–H groups in total. The zero-order valence-electron chi connectivity index (χ0n) is 11.7. The van der Waals surface area contributed by atoms with E-state index in [9.17, 15) is 4.79 Å². The maximum atomic E-state index is 11.5. The molecule has 0 spiro atoms. The largest absolute Gasteiger partial charge is 0.486 e. The van der Waals surface area contributed by atoms with Gasteiger partial charge in [0.05, 0.1) is 12.2 Å². The minimum Gasteiger partial charge on any atom is -0.486 e. The van der Waals surface area contributed by atoms with Crippen molar-refractivity contribution in [1.29, 1.82) is 0 Å². The summed E-state index contributed by atoms with van der Waals surface area (Å²) in [6, 6.07) is 17.0. The van der Waals surface area contributed by atoms with Crippen LogP contribution in [0.4, 0.5) is 0 Å². The fraction of sp³-hybridized carbons (Fsp3) is 0.235. The van der Waals surface area contributed by atoms with Gasteiger partial charge in [0.1, 0.15) is 11.9 Å². The van der Waals surface area contributed by atoms with Crippen molar-refractivity contribution in [1.82, 2.24) is 0 Å². The Bertz CT molecular complexity index is 546. The van der Waals surface area contributed by atoms with Crippen molar-refractivity contribution in [3.8, 4) is 5.75 Å². The maximum absolute atomic E-state index is 11.5. The molecule has 2 rings (SSSR count). The molecule has 0 aliphatic rings. The molecule has 0 bridgehead atoms. The van der Waals surface area contributed by atoms with Gasteiger partial charge in [-0.3, -0.25) is 0 Å². The second-order valence-electron chi connectivity index (χ2n) is 4.42. The lowest BCUT2D eigenvalue weighted by molar-refractivity contribution is 0.0526. The molecule has 0 aliphatic carbocycles. The van der Waals surface area contributed by atoms with Crippen LogP contribution >= 0.6 is 0 Å². The summed E-state index contributed by atoms with van der Waals surface area (Å²) in [5.74, 6) is 0.421. The monoisotopic (exact) mass is 270 g/mol. The summed E-state index contributed by atoms with van der Waals surface area (Å²) in [7, 11) is 0. The molecule has 0 fully saturated rings. The van der Waals surface area contributed by atoms with Gasteiger partial charge in [-0.05, 0) is 43.7 Å². The van der Waals surface area contributed by atoms with E-state index >= 15 is 0 Å². The van der Waals surface area contributed by atoms with Crippen LogP contribution in [-0.2, 0) is 4.74 Å². The Morgan fingerprint density at radius 3 is 2.30 bits per heavy atom. The molecule has 0 radical (unpaired) electrons. The topological polar surface area (TPSA) is 35.5 Å². The number of esters is 1. The minimum atomic E-state index is -0.310. The third-order valence-electron chi connectivity index (χ3n) is 2.95.